The molecule has 110 valence electrons. The summed E-state index contributed by atoms with van der Waals surface area (Å²) in [4.78, 5) is 15.8. The van der Waals surface area contributed by atoms with E-state index < -0.39 is 0 Å². The number of anilines is 1. The molecule has 0 fully saturated rings. The largest absolute Gasteiger partial charge is 0.384 e. The van der Waals surface area contributed by atoms with Crippen LogP contribution in [0.15, 0.2) is 36.5 Å². The predicted molar refractivity (Wildman–Crippen MR) is 85.3 cm³/mol. The minimum atomic E-state index is -0.0297. The van der Waals surface area contributed by atoms with E-state index in [0.29, 0.717) is 35.2 Å². The van der Waals surface area contributed by atoms with E-state index >= 15 is 0 Å². The third-order valence-corrected chi connectivity index (χ3v) is 3.70. The zero-order valence-corrected chi connectivity index (χ0v) is 12.8. The summed E-state index contributed by atoms with van der Waals surface area (Å²) in [6.07, 6.45) is 2.65. The van der Waals surface area contributed by atoms with Gasteiger partial charge < -0.3 is 11.1 Å². The number of pyridine rings is 1. The van der Waals surface area contributed by atoms with E-state index in [1.807, 2.05) is 12.1 Å². The first kappa shape index (κ1) is 15.6. The van der Waals surface area contributed by atoms with Crippen LogP contribution in [0.25, 0.3) is 0 Å². The molecule has 0 atom stereocenters. The molecule has 1 amide bonds. The zero-order valence-electron chi connectivity index (χ0n) is 11.3. The summed E-state index contributed by atoms with van der Waals surface area (Å²) in [6, 6.07) is 8.92. The molecule has 1 heterocycles. The van der Waals surface area contributed by atoms with E-state index in [1.165, 1.54) is 0 Å². The molecule has 0 saturated carbocycles. The highest BCUT2D eigenvalue weighted by Gasteiger charge is 2.04. The first-order chi connectivity index (χ1) is 10.0. The van der Waals surface area contributed by atoms with Gasteiger partial charge in [-0.2, -0.15) is 0 Å². The second-order valence-electron chi connectivity index (χ2n) is 4.62. The number of amides is 1. The van der Waals surface area contributed by atoms with E-state index in [0.717, 1.165) is 11.1 Å². The summed E-state index contributed by atoms with van der Waals surface area (Å²) in [6.45, 7) is 0.438. The number of aryl methyl sites for hydroxylation is 1. The molecule has 0 saturated heterocycles. The van der Waals surface area contributed by atoms with E-state index in [9.17, 15) is 4.79 Å². The predicted octanol–water partition coefficient (Wildman–Crippen LogP) is 3.22. The van der Waals surface area contributed by atoms with Crippen LogP contribution in [0.3, 0.4) is 0 Å². The number of hydrogen-bond donors (Lipinski definition) is 2. The smallest absolute Gasteiger partial charge is 0.220 e. The zero-order chi connectivity index (χ0) is 15.2. The van der Waals surface area contributed by atoms with Crippen LogP contribution in [0.1, 0.15) is 17.5 Å². The number of hydrogen-bond acceptors (Lipinski definition) is 3. The molecule has 0 bridgehead atoms. The third kappa shape index (κ3) is 4.92. The van der Waals surface area contributed by atoms with Gasteiger partial charge in [0.2, 0.25) is 5.91 Å². The summed E-state index contributed by atoms with van der Waals surface area (Å²) >= 11 is 11.8. The maximum absolute atomic E-state index is 11.8. The van der Waals surface area contributed by atoms with Gasteiger partial charge in [-0.15, -0.1) is 0 Å². The highest BCUT2D eigenvalue weighted by Crippen LogP contribution is 2.23. The number of benzene rings is 1. The van der Waals surface area contributed by atoms with Gasteiger partial charge in [0.1, 0.15) is 5.82 Å². The van der Waals surface area contributed by atoms with Crippen LogP contribution >= 0.6 is 23.2 Å². The van der Waals surface area contributed by atoms with Gasteiger partial charge in [-0.1, -0.05) is 35.3 Å². The van der Waals surface area contributed by atoms with Gasteiger partial charge in [0.25, 0.3) is 0 Å². The topological polar surface area (TPSA) is 68.0 Å². The minimum absolute atomic E-state index is 0.0297. The SMILES string of the molecule is Nc1ccc(CNC(=O)CCc2ccc(Cl)c(Cl)c2)cn1. The van der Waals surface area contributed by atoms with Crippen LogP contribution in [-0.4, -0.2) is 10.9 Å². The molecule has 6 heteroatoms. The van der Waals surface area contributed by atoms with Crippen LogP contribution in [0.4, 0.5) is 5.82 Å². The molecule has 3 N–H and O–H groups in total. The lowest BCUT2D eigenvalue weighted by Crippen LogP contribution is -2.23. The van der Waals surface area contributed by atoms with Gasteiger partial charge in [-0.05, 0) is 35.7 Å². The minimum Gasteiger partial charge on any atom is -0.384 e. The molecule has 0 unspecified atom stereocenters. The van der Waals surface area contributed by atoms with Crippen molar-refractivity contribution in [3.63, 3.8) is 0 Å². The average molecular weight is 324 g/mol. The maximum Gasteiger partial charge on any atom is 0.220 e. The summed E-state index contributed by atoms with van der Waals surface area (Å²) < 4.78 is 0. The molecule has 0 spiro atoms. The number of nitrogens with zero attached hydrogens (tertiary/aromatic N) is 1. The molecular weight excluding hydrogens is 309 g/mol. The molecule has 2 aromatic rings. The van der Waals surface area contributed by atoms with Crippen LogP contribution in [-0.2, 0) is 17.8 Å². The van der Waals surface area contributed by atoms with Crippen LogP contribution in [0, 0.1) is 0 Å². The van der Waals surface area contributed by atoms with E-state index in [4.69, 9.17) is 28.9 Å². The molecule has 0 aliphatic rings. The molecule has 1 aromatic heterocycles. The summed E-state index contributed by atoms with van der Waals surface area (Å²) in [5.74, 6) is 0.433. The fourth-order valence-corrected chi connectivity index (χ4v) is 2.10. The standard InChI is InChI=1S/C15H15Cl2N3O/c16-12-4-1-10(7-13(12)17)3-6-15(21)20-9-11-2-5-14(18)19-8-11/h1-2,4-5,7-8H,3,6,9H2,(H2,18,19)(H,20,21). The highest BCUT2D eigenvalue weighted by molar-refractivity contribution is 6.42. The third-order valence-electron chi connectivity index (χ3n) is 2.96. The van der Waals surface area contributed by atoms with Crippen molar-refractivity contribution in [3.05, 3.63) is 57.7 Å². The Hall–Kier alpha value is -1.78. The highest BCUT2D eigenvalue weighted by atomic mass is 35.5. The van der Waals surface area contributed by atoms with E-state index in [1.54, 1.807) is 24.4 Å². The average Bonchev–Trinajstić information content (AvgIpc) is 2.48. The van der Waals surface area contributed by atoms with Gasteiger partial charge in [0.15, 0.2) is 0 Å². The Morgan fingerprint density at radius 1 is 1.14 bits per heavy atom. The summed E-state index contributed by atoms with van der Waals surface area (Å²) in [5, 5.41) is 3.85. The quantitative estimate of drug-likeness (QED) is 0.887. The van der Waals surface area contributed by atoms with Gasteiger partial charge in [0, 0.05) is 19.2 Å². The Labute approximate surface area is 133 Å². The van der Waals surface area contributed by atoms with Crippen molar-refractivity contribution in [2.75, 3.05) is 5.73 Å². The number of aromatic nitrogens is 1. The van der Waals surface area contributed by atoms with Crippen molar-refractivity contribution in [1.29, 1.82) is 0 Å². The Balaban J connectivity index is 1.79. The van der Waals surface area contributed by atoms with Crippen LogP contribution < -0.4 is 11.1 Å². The van der Waals surface area contributed by atoms with Crippen molar-refractivity contribution < 1.29 is 4.79 Å². The normalized spacial score (nSPS) is 10.4. The number of halogens is 2. The molecule has 1 aromatic carbocycles. The number of rotatable bonds is 5. The van der Waals surface area contributed by atoms with Crippen molar-refractivity contribution in [1.82, 2.24) is 10.3 Å². The van der Waals surface area contributed by atoms with E-state index in [-0.39, 0.29) is 5.91 Å². The molecule has 0 aliphatic heterocycles. The number of carbonyl (C=O) groups is 1. The lowest BCUT2D eigenvalue weighted by molar-refractivity contribution is -0.121. The van der Waals surface area contributed by atoms with Gasteiger partial charge >= 0.3 is 0 Å². The number of nitrogens with two attached hydrogens (primary N) is 1. The molecule has 0 radical (unpaired) electrons. The number of nitrogen functional groups attached to an aromatic ring is 1. The van der Waals surface area contributed by atoms with Gasteiger partial charge in [-0.25, -0.2) is 4.98 Å². The van der Waals surface area contributed by atoms with Crippen LogP contribution in [0.2, 0.25) is 10.0 Å². The first-order valence-corrected chi connectivity index (χ1v) is 7.21. The second kappa shape index (κ2) is 7.29. The fourth-order valence-electron chi connectivity index (χ4n) is 1.78. The van der Waals surface area contributed by atoms with Gasteiger partial charge in [-0.3, -0.25) is 4.79 Å². The van der Waals surface area contributed by atoms with Crippen molar-refractivity contribution in [2.24, 2.45) is 0 Å². The summed E-state index contributed by atoms with van der Waals surface area (Å²) in [5.41, 5.74) is 7.39. The van der Waals surface area contributed by atoms with E-state index in [2.05, 4.69) is 10.3 Å². The van der Waals surface area contributed by atoms with Crippen molar-refractivity contribution in [2.45, 2.75) is 19.4 Å². The molecular formula is C15H15Cl2N3O. The Kier molecular flexibility index (Phi) is 5.42. The molecule has 2 rings (SSSR count). The number of nitrogens with one attached hydrogen (secondary N) is 1. The Bertz CT molecular complexity index is 629. The number of carbonyl (C=O) groups excluding carboxylic acids is 1. The maximum atomic E-state index is 11.8. The molecule has 4 nitrogen and oxygen atoms in total. The first-order valence-electron chi connectivity index (χ1n) is 6.45. The Morgan fingerprint density at radius 3 is 2.57 bits per heavy atom. The summed E-state index contributed by atoms with van der Waals surface area (Å²) in [7, 11) is 0. The molecule has 21 heavy (non-hydrogen) atoms. The Morgan fingerprint density at radius 2 is 1.90 bits per heavy atom. The monoisotopic (exact) mass is 323 g/mol. The fraction of sp³-hybridized carbons (Fsp3) is 0.200. The molecule has 0 aliphatic carbocycles. The van der Waals surface area contributed by atoms with Crippen LogP contribution in [0.5, 0.6) is 0 Å². The van der Waals surface area contributed by atoms with Crippen molar-refractivity contribution in [3.8, 4) is 0 Å². The van der Waals surface area contributed by atoms with Gasteiger partial charge in [0.05, 0.1) is 10.0 Å². The lowest BCUT2D eigenvalue weighted by Gasteiger charge is -2.06. The lowest BCUT2D eigenvalue weighted by atomic mass is 10.1. The van der Waals surface area contributed by atoms with Crippen molar-refractivity contribution >= 4 is 34.9 Å². The second-order valence-corrected chi connectivity index (χ2v) is 5.43.